The van der Waals surface area contributed by atoms with Crippen molar-refractivity contribution in [3.63, 3.8) is 0 Å². The second-order valence-electron chi connectivity index (χ2n) is 7.38. The second kappa shape index (κ2) is 9.21. The number of aryl methyl sites for hydroxylation is 1. The molecule has 0 spiro atoms. The zero-order valence-electron chi connectivity index (χ0n) is 16.7. The van der Waals surface area contributed by atoms with E-state index >= 15 is 0 Å². The molecule has 4 rings (SSSR count). The Morgan fingerprint density at radius 3 is 2.65 bits per heavy atom. The number of carbonyl (C=O) groups is 1. The molecule has 2 aromatic carbocycles. The Morgan fingerprint density at radius 1 is 1.10 bits per heavy atom. The van der Waals surface area contributed by atoms with Crippen molar-refractivity contribution in [1.82, 2.24) is 5.48 Å². The number of carbonyl (C=O) groups excluding carboxylic acids is 1. The number of halogens is 1. The normalized spacial score (nSPS) is 20.9. The van der Waals surface area contributed by atoms with Gasteiger partial charge in [-0.15, -0.1) is 0 Å². The fraction of sp³-hybridized carbons (Fsp3) is 0.381. The van der Waals surface area contributed by atoms with E-state index in [1.807, 2.05) is 6.07 Å². The van der Waals surface area contributed by atoms with Crippen molar-refractivity contribution in [2.24, 2.45) is 0 Å². The highest BCUT2D eigenvalue weighted by molar-refractivity contribution is 7.92. The highest BCUT2D eigenvalue weighted by atomic mass is 32.2. The summed E-state index contributed by atoms with van der Waals surface area (Å²) in [6, 6.07) is 9.56. The maximum Gasteiger partial charge on any atom is 0.284 e. The number of hydrogen-bond donors (Lipinski definition) is 2. The minimum Gasteiger partial charge on any atom is -0.478 e. The highest BCUT2D eigenvalue weighted by Crippen LogP contribution is 2.36. The van der Waals surface area contributed by atoms with E-state index in [1.165, 1.54) is 12.1 Å². The molecule has 2 aliphatic rings. The van der Waals surface area contributed by atoms with E-state index in [-0.39, 0.29) is 16.3 Å². The average molecular weight is 450 g/mol. The molecule has 1 saturated heterocycles. The molecule has 1 fully saturated rings. The first-order chi connectivity index (χ1) is 14.9. The maximum atomic E-state index is 13.1. The van der Waals surface area contributed by atoms with Crippen LogP contribution < -0.4 is 14.9 Å². The average Bonchev–Trinajstić information content (AvgIpc) is 2.78. The van der Waals surface area contributed by atoms with Crippen molar-refractivity contribution < 1.29 is 31.9 Å². The molecule has 2 heterocycles. The summed E-state index contributed by atoms with van der Waals surface area (Å²) >= 11 is 0. The van der Waals surface area contributed by atoms with Crippen LogP contribution in [0.2, 0.25) is 0 Å². The Kier molecular flexibility index (Phi) is 6.40. The third-order valence-electron chi connectivity index (χ3n) is 5.12. The van der Waals surface area contributed by atoms with Crippen molar-refractivity contribution in [1.29, 1.82) is 0 Å². The first-order valence-corrected chi connectivity index (χ1v) is 11.5. The van der Waals surface area contributed by atoms with Crippen molar-refractivity contribution in [2.45, 2.75) is 49.4 Å². The SMILES string of the molecule is O=C(NOC1CCCCO1)C1CCc2cccc(NS(=O)(=O)c3ccc(F)cc3)c2O1. The van der Waals surface area contributed by atoms with Gasteiger partial charge in [-0.1, -0.05) is 12.1 Å². The lowest BCUT2D eigenvalue weighted by molar-refractivity contribution is -0.203. The van der Waals surface area contributed by atoms with Gasteiger partial charge in [0.1, 0.15) is 11.6 Å². The molecule has 2 N–H and O–H groups in total. The lowest BCUT2D eigenvalue weighted by atomic mass is 10.0. The van der Waals surface area contributed by atoms with Crippen molar-refractivity contribution in [3.05, 3.63) is 53.8 Å². The second-order valence-corrected chi connectivity index (χ2v) is 9.06. The van der Waals surface area contributed by atoms with E-state index in [0.29, 0.717) is 25.9 Å². The fourth-order valence-electron chi connectivity index (χ4n) is 3.48. The molecule has 0 bridgehead atoms. The molecule has 10 heteroatoms. The van der Waals surface area contributed by atoms with Gasteiger partial charge in [0.25, 0.3) is 15.9 Å². The Morgan fingerprint density at radius 2 is 1.90 bits per heavy atom. The monoisotopic (exact) mass is 450 g/mol. The number of sulfonamides is 1. The Hall–Kier alpha value is -2.69. The van der Waals surface area contributed by atoms with Crippen LogP contribution in [0.15, 0.2) is 47.4 Å². The van der Waals surface area contributed by atoms with E-state index in [1.54, 1.807) is 12.1 Å². The Bertz CT molecular complexity index is 1040. The number of nitrogens with one attached hydrogen (secondary N) is 2. The quantitative estimate of drug-likeness (QED) is 0.656. The van der Waals surface area contributed by atoms with Crippen molar-refractivity contribution >= 4 is 21.6 Å². The van der Waals surface area contributed by atoms with Gasteiger partial charge >= 0.3 is 0 Å². The molecule has 2 aromatic rings. The molecule has 8 nitrogen and oxygen atoms in total. The van der Waals surface area contributed by atoms with Crippen LogP contribution in [0.4, 0.5) is 10.1 Å². The van der Waals surface area contributed by atoms with Gasteiger partial charge in [0.05, 0.1) is 10.6 Å². The van der Waals surface area contributed by atoms with E-state index in [2.05, 4.69) is 10.2 Å². The van der Waals surface area contributed by atoms with Crippen LogP contribution in [0, 0.1) is 5.82 Å². The van der Waals surface area contributed by atoms with Gasteiger partial charge in [-0.3, -0.25) is 9.52 Å². The van der Waals surface area contributed by atoms with Crippen LogP contribution in [0.1, 0.15) is 31.2 Å². The van der Waals surface area contributed by atoms with Crippen LogP contribution in [0.25, 0.3) is 0 Å². The van der Waals surface area contributed by atoms with Gasteiger partial charge < -0.3 is 9.47 Å². The number of benzene rings is 2. The first-order valence-electron chi connectivity index (χ1n) is 10.1. The molecule has 0 aromatic heterocycles. The highest BCUT2D eigenvalue weighted by Gasteiger charge is 2.30. The van der Waals surface area contributed by atoms with Gasteiger partial charge in [-0.05, 0) is 61.6 Å². The molecule has 0 saturated carbocycles. The van der Waals surface area contributed by atoms with Crippen LogP contribution in [-0.4, -0.2) is 33.3 Å². The zero-order valence-corrected chi connectivity index (χ0v) is 17.5. The van der Waals surface area contributed by atoms with Crippen molar-refractivity contribution in [2.75, 3.05) is 11.3 Å². The topological polar surface area (TPSA) is 103 Å². The van der Waals surface area contributed by atoms with Gasteiger partial charge in [0.15, 0.2) is 12.4 Å². The summed E-state index contributed by atoms with van der Waals surface area (Å²) in [4.78, 5) is 17.7. The van der Waals surface area contributed by atoms with E-state index in [9.17, 15) is 17.6 Å². The number of anilines is 1. The third kappa shape index (κ3) is 5.15. The lowest BCUT2D eigenvalue weighted by Crippen LogP contribution is -2.43. The molecule has 2 atom stereocenters. The smallest absolute Gasteiger partial charge is 0.284 e. The van der Waals surface area contributed by atoms with E-state index in [4.69, 9.17) is 14.3 Å². The summed E-state index contributed by atoms with van der Waals surface area (Å²) in [6.45, 7) is 0.589. The molecule has 166 valence electrons. The molecular formula is C21H23FN2O6S. The van der Waals surface area contributed by atoms with E-state index < -0.39 is 34.1 Å². The number of fused-ring (bicyclic) bond motifs is 1. The lowest BCUT2D eigenvalue weighted by Gasteiger charge is -2.28. The predicted molar refractivity (Wildman–Crippen MR) is 109 cm³/mol. The molecule has 0 radical (unpaired) electrons. The first kappa shape index (κ1) is 21.5. The maximum absolute atomic E-state index is 13.1. The number of hydroxylamine groups is 1. The van der Waals surface area contributed by atoms with Crippen molar-refractivity contribution in [3.8, 4) is 5.75 Å². The standard InChI is InChI=1S/C21H23FN2O6S/c22-15-8-10-16(11-9-15)31(26,27)24-17-5-3-4-14-7-12-18(29-20(14)17)21(25)23-30-19-6-1-2-13-28-19/h3-5,8-11,18-19,24H,1-2,6-7,12-13H2,(H,23,25). The summed E-state index contributed by atoms with van der Waals surface area (Å²) in [7, 11) is -3.96. The number of para-hydroxylation sites is 1. The molecule has 0 aliphatic carbocycles. The molecule has 31 heavy (non-hydrogen) atoms. The Balaban J connectivity index is 1.46. The number of rotatable bonds is 6. The van der Waals surface area contributed by atoms with Gasteiger partial charge in [-0.25, -0.2) is 23.1 Å². The summed E-state index contributed by atoms with van der Waals surface area (Å²) in [6.07, 6.45) is 2.25. The molecule has 1 amide bonds. The van der Waals surface area contributed by atoms with Crippen LogP contribution in [0.5, 0.6) is 5.75 Å². The minimum atomic E-state index is -3.96. The van der Waals surface area contributed by atoms with E-state index in [0.717, 1.165) is 30.5 Å². The molecular weight excluding hydrogens is 427 g/mol. The van der Waals surface area contributed by atoms with Crippen LogP contribution >= 0.6 is 0 Å². The van der Waals surface area contributed by atoms with Gasteiger partial charge in [0, 0.05) is 13.0 Å². The van der Waals surface area contributed by atoms with Crippen LogP contribution in [-0.2, 0) is 30.8 Å². The number of amides is 1. The molecule has 2 aliphatic heterocycles. The molecule has 2 unspecified atom stereocenters. The van der Waals surface area contributed by atoms with Gasteiger partial charge in [0.2, 0.25) is 0 Å². The van der Waals surface area contributed by atoms with Gasteiger partial charge in [-0.2, -0.15) is 0 Å². The zero-order chi connectivity index (χ0) is 21.8. The third-order valence-corrected chi connectivity index (χ3v) is 6.50. The summed E-state index contributed by atoms with van der Waals surface area (Å²) in [5.41, 5.74) is 3.37. The summed E-state index contributed by atoms with van der Waals surface area (Å²) in [5, 5.41) is 0. The van der Waals surface area contributed by atoms with Crippen LogP contribution in [0.3, 0.4) is 0 Å². The number of hydrogen-bond acceptors (Lipinski definition) is 6. The fourth-order valence-corrected chi connectivity index (χ4v) is 4.55. The summed E-state index contributed by atoms with van der Waals surface area (Å²) < 4.78 is 52.2. The summed E-state index contributed by atoms with van der Waals surface area (Å²) in [5.74, 6) is -0.710. The Labute approximate surface area is 179 Å². The number of ether oxygens (including phenoxy) is 2. The predicted octanol–water partition coefficient (Wildman–Crippen LogP) is 2.89. The minimum absolute atomic E-state index is 0.0857. The largest absolute Gasteiger partial charge is 0.478 e.